The number of hydrogen-bond acceptors (Lipinski definition) is 3. The molecule has 134 valence electrons. The first-order chi connectivity index (χ1) is 11.1. The molecule has 4 nitrogen and oxygen atoms in total. The number of nitrogens with zero attached hydrogens (tertiary/aromatic N) is 1. The van der Waals surface area contributed by atoms with Gasteiger partial charge in [0.2, 0.25) is 5.91 Å². The molecule has 7 heteroatoms. The quantitative estimate of drug-likeness (QED) is 0.802. The number of rotatable bonds is 6. The van der Waals surface area contributed by atoms with Crippen molar-refractivity contribution < 1.29 is 14.3 Å². The molecule has 2 N–H and O–H groups in total. The Morgan fingerprint density at radius 1 is 1.38 bits per heavy atom. The van der Waals surface area contributed by atoms with Gasteiger partial charge in [0.05, 0.1) is 6.61 Å². The molecule has 0 radical (unpaired) electrons. The number of halogens is 3. The van der Waals surface area contributed by atoms with Gasteiger partial charge < -0.3 is 10.4 Å². The summed E-state index contributed by atoms with van der Waals surface area (Å²) in [4.78, 5) is 14.1. The monoisotopic (exact) mass is 376 g/mol. The van der Waals surface area contributed by atoms with Crippen LogP contribution < -0.4 is 5.32 Å². The lowest BCUT2D eigenvalue weighted by Gasteiger charge is -2.19. The van der Waals surface area contributed by atoms with Gasteiger partial charge in [0.25, 0.3) is 0 Å². The van der Waals surface area contributed by atoms with Gasteiger partial charge in [-0.1, -0.05) is 17.7 Å². The number of aliphatic hydroxyl groups excluding tert-OH is 1. The molecule has 2 aliphatic rings. The zero-order chi connectivity index (χ0) is 16.4. The second-order valence-corrected chi connectivity index (χ2v) is 6.99. The Morgan fingerprint density at radius 3 is 2.75 bits per heavy atom. The van der Waals surface area contributed by atoms with E-state index in [4.69, 9.17) is 16.7 Å². The molecule has 0 spiro atoms. The predicted molar refractivity (Wildman–Crippen MR) is 93.8 cm³/mol. The molecule has 1 aliphatic carbocycles. The number of benzene rings is 1. The maximum Gasteiger partial charge on any atom is 0.222 e. The average molecular weight is 377 g/mol. The first-order valence-corrected chi connectivity index (χ1v) is 8.51. The molecule has 0 bridgehead atoms. The molecule has 1 heterocycles. The van der Waals surface area contributed by atoms with E-state index in [9.17, 15) is 9.18 Å². The molecule has 1 aromatic carbocycles. The van der Waals surface area contributed by atoms with Gasteiger partial charge >= 0.3 is 0 Å². The van der Waals surface area contributed by atoms with Gasteiger partial charge in [0, 0.05) is 37.1 Å². The van der Waals surface area contributed by atoms with E-state index in [1.54, 1.807) is 6.07 Å². The number of likely N-dealkylation sites (tertiary alicyclic amines) is 1. The van der Waals surface area contributed by atoms with Gasteiger partial charge in [-0.25, -0.2) is 4.39 Å². The third-order valence-corrected chi connectivity index (χ3v) is 5.11. The summed E-state index contributed by atoms with van der Waals surface area (Å²) in [6, 6.07) is 4.62. The third kappa shape index (κ3) is 4.82. The van der Waals surface area contributed by atoms with Crippen LogP contribution in [0.25, 0.3) is 0 Å². The lowest BCUT2D eigenvalue weighted by atomic mass is 9.98. The second-order valence-electron chi connectivity index (χ2n) is 6.58. The Labute approximate surface area is 152 Å². The highest BCUT2D eigenvalue weighted by molar-refractivity contribution is 6.31. The van der Waals surface area contributed by atoms with Crippen LogP contribution in [-0.2, 0) is 11.3 Å². The van der Waals surface area contributed by atoms with Crippen LogP contribution in [0.15, 0.2) is 18.2 Å². The van der Waals surface area contributed by atoms with Crippen LogP contribution in [0.1, 0.15) is 24.8 Å². The van der Waals surface area contributed by atoms with Gasteiger partial charge in [-0.2, -0.15) is 0 Å². The Hall–Kier alpha value is -0.880. The highest BCUT2D eigenvalue weighted by Crippen LogP contribution is 2.41. The normalized spacial score (nSPS) is 23.8. The summed E-state index contributed by atoms with van der Waals surface area (Å²) in [5.41, 5.74) is 0.907. The zero-order valence-corrected chi connectivity index (χ0v) is 15.0. The summed E-state index contributed by atoms with van der Waals surface area (Å²) >= 11 is 6.12. The smallest absolute Gasteiger partial charge is 0.222 e. The molecule has 2 fully saturated rings. The van der Waals surface area contributed by atoms with Crippen molar-refractivity contribution in [2.45, 2.75) is 31.8 Å². The van der Waals surface area contributed by atoms with Crippen LogP contribution in [0.2, 0.25) is 5.02 Å². The maximum atomic E-state index is 13.1. The summed E-state index contributed by atoms with van der Waals surface area (Å²) in [5, 5.41) is 12.4. The van der Waals surface area contributed by atoms with E-state index < -0.39 is 0 Å². The lowest BCUT2D eigenvalue weighted by molar-refractivity contribution is -0.122. The summed E-state index contributed by atoms with van der Waals surface area (Å²) in [5.74, 6) is 0.718. The van der Waals surface area contributed by atoms with Crippen molar-refractivity contribution in [3.63, 3.8) is 0 Å². The highest BCUT2D eigenvalue weighted by Gasteiger charge is 2.42. The van der Waals surface area contributed by atoms with Crippen molar-refractivity contribution in [2.75, 3.05) is 19.7 Å². The molecule has 24 heavy (non-hydrogen) atoms. The molecule has 1 saturated carbocycles. The zero-order valence-electron chi connectivity index (χ0n) is 13.4. The van der Waals surface area contributed by atoms with E-state index in [1.807, 2.05) is 0 Å². The van der Waals surface area contributed by atoms with Crippen molar-refractivity contribution >= 4 is 29.9 Å². The van der Waals surface area contributed by atoms with E-state index in [0.717, 1.165) is 18.7 Å². The van der Waals surface area contributed by atoms with E-state index >= 15 is 0 Å². The first kappa shape index (κ1) is 19.4. The number of carbonyl (C=O) groups excluding carboxylic acids is 1. The first-order valence-electron chi connectivity index (χ1n) is 8.13. The van der Waals surface area contributed by atoms with Crippen molar-refractivity contribution in [1.29, 1.82) is 0 Å². The van der Waals surface area contributed by atoms with Crippen LogP contribution in [0.3, 0.4) is 0 Å². The summed E-state index contributed by atoms with van der Waals surface area (Å²) in [6.45, 7) is 2.23. The molecule has 1 aromatic rings. The molecular weight excluding hydrogens is 354 g/mol. The van der Waals surface area contributed by atoms with E-state index in [1.165, 1.54) is 25.0 Å². The fraction of sp³-hybridized carbons (Fsp3) is 0.588. The second kappa shape index (κ2) is 8.48. The highest BCUT2D eigenvalue weighted by atomic mass is 35.5. The van der Waals surface area contributed by atoms with Gasteiger partial charge in [0.1, 0.15) is 5.82 Å². The van der Waals surface area contributed by atoms with Gasteiger partial charge in [-0.15, -0.1) is 12.4 Å². The average Bonchev–Trinajstić information content (AvgIpc) is 3.25. The van der Waals surface area contributed by atoms with Gasteiger partial charge in [-0.05, 0) is 42.4 Å². The third-order valence-electron chi connectivity index (χ3n) is 4.76. The minimum Gasteiger partial charge on any atom is -0.396 e. The van der Waals surface area contributed by atoms with Gasteiger partial charge in [-0.3, -0.25) is 9.69 Å². The van der Waals surface area contributed by atoms with E-state index in [0.29, 0.717) is 23.4 Å². The van der Waals surface area contributed by atoms with Crippen LogP contribution in [0.5, 0.6) is 0 Å². The van der Waals surface area contributed by atoms with Crippen molar-refractivity contribution in [3.8, 4) is 0 Å². The largest absolute Gasteiger partial charge is 0.396 e. The molecule has 0 aromatic heterocycles. The Morgan fingerprint density at radius 2 is 2.12 bits per heavy atom. The van der Waals surface area contributed by atoms with E-state index in [-0.39, 0.29) is 43.2 Å². The molecule has 1 saturated heterocycles. The van der Waals surface area contributed by atoms with Crippen LogP contribution in [0.4, 0.5) is 4.39 Å². The van der Waals surface area contributed by atoms with Gasteiger partial charge in [0.15, 0.2) is 0 Å². The lowest BCUT2D eigenvalue weighted by Crippen LogP contribution is -2.41. The number of carbonyl (C=O) groups is 1. The maximum absolute atomic E-state index is 13.1. The van der Waals surface area contributed by atoms with Crippen molar-refractivity contribution in [2.24, 2.45) is 11.8 Å². The van der Waals surface area contributed by atoms with Crippen molar-refractivity contribution in [1.82, 2.24) is 10.2 Å². The topological polar surface area (TPSA) is 52.6 Å². The molecule has 0 unspecified atom stereocenters. The predicted octanol–water partition coefficient (Wildman–Crippen LogP) is 2.61. The van der Waals surface area contributed by atoms with Crippen LogP contribution >= 0.6 is 24.0 Å². The fourth-order valence-corrected chi connectivity index (χ4v) is 3.70. The number of aliphatic hydroxyl groups is 1. The van der Waals surface area contributed by atoms with Crippen LogP contribution in [-0.4, -0.2) is 41.7 Å². The number of nitrogens with one attached hydrogen (secondary N) is 1. The molecule has 2 atom stereocenters. The standard InChI is InChI=1S/C17H22ClFN2O2.ClH/c18-15-7-13(19)4-3-12(15)8-21-9-14(11-1-2-11)16(10-21)20-17(23)5-6-22;/h3-4,7,11,14,16,22H,1-2,5-6,8-10H2,(H,20,23);1H/t14-,16+;/m1./s1. The SMILES string of the molecule is Cl.O=C(CCO)N[C@H]1CN(Cc2ccc(F)cc2Cl)C[C@@H]1C1CC1. The van der Waals surface area contributed by atoms with Crippen LogP contribution in [0, 0.1) is 17.7 Å². The minimum absolute atomic E-state index is 0. The molecular formula is C17H23Cl2FN2O2. The summed E-state index contributed by atoms with van der Waals surface area (Å²) in [6.07, 6.45) is 2.60. The Bertz CT molecular complexity index is 584. The number of hydrogen-bond donors (Lipinski definition) is 2. The van der Waals surface area contributed by atoms with E-state index in [2.05, 4.69) is 10.2 Å². The summed E-state index contributed by atoms with van der Waals surface area (Å²) in [7, 11) is 0. The molecule has 1 amide bonds. The Balaban J connectivity index is 0.00000208. The number of amides is 1. The Kier molecular flexibility index (Phi) is 6.87. The van der Waals surface area contributed by atoms with Crippen molar-refractivity contribution in [3.05, 3.63) is 34.6 Å². The molecule has 3 rings (SSSR count). The summed E-state index contributed by atoms with van der Waals surface area (Å²) < 4.78 is 13.1. The molecule has 1 aliphatic heterocycles. The minimum atomic E-state index is -0.329. The fourth-order valence-electron chi connectivity index (χ4n) is 3.47.